The number of hydrogen-bond donors (Lipinski definition) is 1. The maximum Gasteiger partial charge on any atom is 0.433 e. The number of pyridine rings is 2. The van der Waals surface area contributed by atoms with Gasteiger partial charge < -0.3 is 5.73 Å². The van der Waals surface area contributed by atoms with Gasteiger partial charge in [-0.05, 0) is 42.7 Å². The van der Waals surface area contributed by atoms with E-state index in [-0.39, 0.29) is 5.54 Å². The largest absolute Gasteiger partial charge is 0.433 e. The molecule has 0 unspecified atom stereocenters. The van der Waals surface area contributed by atoms with Crippen LogP contribution in [-0.2, 0) is 11.7 Å². The van der Waals surface area contributed by atoms with Crippen molar-refractivity contribution in [3.05, 3.63) is 47.9 Å². The molecule has 104 valence electrons. The van der Waals surface area contributed by atoms with Crippen molar-refractivity contribution >= 4 is 0 Å². The average molecular weight is 279 g/mol. The smallest absolute Gasteiger partial charge is 0.321 e. The summed E-state index contributed by atoms with van der Waals surface area (Å²) in [5.74, 6) is 0. The molecular weight excluding hydrogens is 267 g/mol. The first-order valence-corrected chi connectivity index (χ1v) is 6.18. The van der Waals surface area contributed by atoms with E-state index >= 15 is 0 Å². The Labute approximate surface area is 113 Å². The molecular formula is C14H12F3N3. The number of nitrogens with two attached hydrogens (primary N) is 1. The lowest BCUT2D eigenvalue weighted by Crippen LogP contribution is -2.18. The highest BCUT2D eigenvalue weighted by Crippen LogP contribution is 2.43. The molecule has 1 aliphatic rings. The van der Waals surface area contributed by atoms with E-state index in [2.05, 4.69) is 9.97 Å². The van der Waals surface area contributed by atoms with E-state index in [1.165, 1.54) is 12.3 Å². The summed E-state index contributed by atoms with van der Waals surface area (Å²) in [6, 6.07) is 5.99. The van der Waals surface area contributed by atoms with Crippen LogP contribution in [0.5, 0.6) is 0 Å². The van der Waals surface area contributed by atoms with Gasteiger partial charge in [0.25, 0.3) is 0 Å². The van der Waals surface area contributed by atoms with E-state index in [9.17, 15) is 13.2 Å². The van der Waals surface area contributed by atoms with E-state index in [1.54, 1.807) is 6.20 Å². The van der Waals surface area contributed by atoms with Gasteiger partial charge in [-0.1, -0.05) is 0 Å². The molecule has 6 heteroatoms. The van der Waals surface area contributed by atoms with Crippen LogP contribution < -0.4 is 5.73 Å². The van der Waals surface area contributed by atoms with Crippen LogP contribution in [-0.4, -0.2) is 9.97 Å². The third-order valence-corrected chi connectivity index (χ3v) is 3.47. The molecule has 2 aromatic rings. The first kappa shape index (κ1) is 13.1. The fraction of sp³-hybridized carbons (Fsp3) is 0.286. The minimum absolute atomic E-state index is 0.295. The van der Waals surface area contributed by atoms with Crippen LogP contribution in [0.4, 0.5) is 13.2 Å². The number of hydrogen-bond acceptors (Lipinski definition) is 3. The molecule has 1 saturated carbocycles. The van der Waals surface area contributed by atoms with Gasteiger partial charge in [0.1, 0.15) is 5.69 Å². The molecule has 2 N–H and O–H groups in total. The fourth-order valence-corrected chi connectivity index (χ4v) is 2.03. The van der Waals surface area contributed by atoms with Crippen molar-refractivity contribution in [1.29, 1.82) is 0 Å². The number of aromatic nitrogens is 2. The molecule has 0 aliphatic heterocycles. The number of rotatable bonds is 2. The highest BCUT2D eigenvalue weighted by atomic mass is 19.4. The molecule has 0 atom stereocenters. The van der Waals surface area contributed by atoms with E-state index in [4.69, 9.17) is 5.73 Å². The highest BCUT2D eigenvalue weighted by molar-refractivity contribution is 5.59. The van der Waals surface area contributed by atoms with Crippen LogP contribution in [0.15, 0.2) is 36.7 Å². The standard InChI is InChI=1S/C14H12F3N3/c15-14(16,17)12-2-1-9(8-20-12)11-7-10(3-6-19-11)13(18)4-5-13/h1-3,6-8H,4-5,18H2. The van der Waals surface area contributed by atoms with Crippen molar-refractivity contribution in [3.8, 4) is 11.3 Å². The monoisotopic (exact) mass is 279 g/mol. The van der Waals surface area contributed by atoms with Crippen LogP contribution >= 0.6 is 0 Å². The molecule has 2 aromatic heterocycles. The summed E-state index contributed by atoms with van der Waals surface area (Å²) >= 11 is 0. The summed E-state index contributed by atoms with van der Waals surface area (Å²) in [7, 11) is 0. The van der Waals surface area contributed by atoms with Crippen molar-refractivity contribution in [1.82, 2.24) is 9.97 Å². The molecule has 0 bridgehead atoms. The predicted octanol–water partition coefficient (Wildman–Crippen LogP) is 3.11. The summed E-state index contributed by atoms with van der Waals surface area (Å²) < 4.78 is 37.4. The summed E-state index contributed by atoms with van der Waals surface area (Å²) in [4.78, 5) is 7.60. The minimum Gasteiger partial charge on any atom is -0.321 e. The van der Waals surface area contributed by atoms with Gasteiger partial charge in [-0.15, -0.1) is 0 Å². The zero-order chi connectivity index (χ0) is 14.4. The number of alkyl halides is 3. The SMILES string of the molecule is NC1(c2ccnc(-c3ccc(C(F)(F)F)nc3)c2)CC1. The second kappa shape index (κ2) is 4.28. The van der Waals surface area contributed by atoms with Crippen LogP contribution in [0.1, 0.15) is 24.1 Å². The van der Waals surface area contributed by atoms with Gasteiger partial charge in [0.15, 0.2) is 0 Å². The summed E-state index contributed by atoms with van der Waals surface area (Å²) in [6.45, 7) is 0. The lowest BCUT2D eigenvalue weighted by Gasteiger charge is -2.11. The van der Waals surface area contributed by atoms with Gasteiger partial charge in [0.2, 0.25) is 0 Å². The van der Waals surface area contributed by atoms with Gasteiger partial charge >= 0.3 is 6.18 Å². The Hall–Kier alpha value is -1.95. The second-order valence-electron chi connectivity index (χ2n) is 5.02. The maximum absolute atomic E-state index is 12.5. The molecule has 0 radical (unpaired) electrons. The quantitative estimate of drug-likeness (QED) is 0.919. The summed E-state index contributed by atoms with van der Waals surface area (Å²) in [5.41, 5.74) is 6.99. The van der Waals surface area contributed by atoms with Crippen molar-refractivity contribution in [2.45, 2.75) is 24.6 Å². The van der Waals surface area contributed by atoms with Gasteiger partial charge in [0.05, 0.1) is 5.69 Å². The van der Waals surface area contributed by atoms with E-state index in [1.807, 2.05) is 12.1 Å². The van der Waals surface area contributed by atoms with E-state index in [0.717, 1.165) is 24.5 Å². The van der Waals surface area contributed by atoms with Crippen LogP contribution in [0.3, 0.4) is 0 Å². The maximum atomic E-state index is 12.5. The Morgan fingerprint density at radius 3 is 2.40 bits per heavy atom. The van der Waals surface area contributed by atoms with Crippen molar-refractivity contribution < 1.29 is 13.2 Å². The van der Waals surface area contributed by atoms with Crippen molar-refractivity contribution in [2.75, 3.05) is 0 Å². The van der Waals surface area contributed by atoms with E-state index < -0.39 is 11.9 Å². The Kier molecular flexibility index (Phi) is 2.79. The third-order valence-electron chi connectivity index (χ3n) is 3.47. The highest BCUT2D eigenvalue weighted by Gasteiger charge is 2.40. The van der Waals surface area contributed by atoms with Crippen molar-refractivity contribution in [3.63, 3.8) is 0 Å². The molecule has 0 saturated heterocycles. The molecule has 1 aliphatic carbocycles. The Morgan fingerprint density at radius 2 is 1.85 bits per heavy atom. The van der Waals surface area contributed by atoms with Gasteiger partial charge in [-0.2, -0.15) is 13.2 Å². The zero-order valence-corrected chi connectivity index (χ0v) is 10.5. The molecule has 0 aromatic carbocycles. The predicted molar refractivity (Wildman–Crippen MR) is 67.6 cm³/mol. The number of nitrogens with zero attached hydrogens (tertiary/aromatic N) is 2. The van der Waals surface area contributed by atoms with Crippen LogP contribution in [0, 0.1) is 0 Å². The Bertz CT molecular complexity index is 631. The molecule has 20 heavy (non-hydrogen) atoms. The molecule has 3 rings (SSSR count). The van der Waals surface area contributed by atoms with Gasteiger partial charge in [-0.25, -0.2) is 0 Å². The normalized spacial score (nSPS) is 17.0. The second-order valence-corrected chi connectivity index (χ2v) is 5.02. The van der Waals surface area contributed by atoms with E-state index in [0.29, 0.717) is 11.3 Å². The summed E-state index contributed by atoms with van der Waals surface area (Å²) in [5, 5.41) is 0. The molecule has 3 nitrogen and oxygen atoms in total. The molecule has 2 heterocycles. The minimum atomic E-state index is -4.43. The Morgan fingerprint density at radius 1 is 1.10 bits per heavy atom. The van der Waals surface area contributed by atoms with Gasteiger partial charge in [0, 0.05) is 23.5 Å². The average Bonchev–Trinajstić information content (AvgIpc) is 3.18. The topological polar surface area (TPSA) is 51.8 Å². The fourth-order valence-electron chi connectivity index (χ4n) is 2.03. The first-order valence-electron chi connectivity index (χ1n) is 6.18. The van der Waals surface area contributed by atoms with Crippen LogP contribution in [0.25, 0.3) is 11.3 Å². The lowest BCUT2D eigenvalue weighted by atomic mass is 10.0. The van der Waals surface area contributed by atoms with Crippen molar-refractivity contribution in [2.24, 2.45) is 5.73 Å². The number of halogens is 3. The first-order chi connectivity index (χ1) is 9.38. The zero-order valence-electron chi connectivity index (χ0n) is 10.5. The molecule has 0 amide bonds. The lowest BCUT2D eigenvalue weighted by molar-refractivity contribution is -0.141. The Balaban J connectivity index is 1.93. The van der Waals surface area contributed by atoms with Gasteiger partial charge in [-0.3, -0.25) is 9.97 Å². The third kappa shape index (κ3) is 2.38. The molecule has 0 spiro atoms. The molecule has 1 fully saturated rings. The van der Waals surface area contributed by atoms with Crippen LogP contribution in [0.2, 0.25) is 0 Å². The summed E-state index contributed by atoms with van der Waals surface area (Å²) in [6.07, 6.45) is 0.215.